The maximum atomic E-state index is 13.4. The molecule has 0 aliphatic heterocycles. The van der Waals surface area contributed by atoms with Gasteiger partial charge < -0.3 is 5.11 Å². The molecule has 15 heavy (non-hydrogen) atoms. The summed E-state index contributed by atoms with van der Waals surface area (Å²) in [5.41, 5.74) is 0.343. The second-order valence-electron chi connectivity index (χ2n) is 3.68. The number of hydrogen-bond donors (Lipinski definition) is 1. The Morgan fingerprint density at radius 2 is 2.13 bits per heavy atom. The standard InChI is InChI=1S/C12H16ClFO/c1-2-3-4-5-12(15)10-7-6-9(13)8-11(10)14/h6-8,12,15H,2-5H2,1H3. The largest absolute Gasteiger partial charge is 0.388 e. The SMILES string of the molecule is CCCCCC(O)c1ccc(Cl)cc1F. The first-order chi connectivity index (χ1) is 7.15. The van der Waals surface area contributed by atoms with Crippen LogP contribution in [0.4, 0.5) is 4.39 Å². The molecule has 1 N–H and O–H groups in total. The first kappa shape index (κ1) is 12.5. The fraction of sp³-hybridized carbons (Fsp3) is 0.500. The molecule has 0 saturated heterocycles. The molecule has 1 aromatic carbocycles. The van der Waals surface area contributed by atoms with Crippen LogP contribution in [-0.4, -0.2) is 5.11 Å². The summed E-state index contributed by atoms with van der Waals surface area (Å²) in [6.07, 6.45) is 2.96. The Labute approximate surface area is 94.9 Å². The van der Waals surface area contributed by atoms with Crippen LogP contribution in [0.1, 0.15) is 44.3 Å². The van der Waals surface area contributed by atoms with Crippen LogP contribution in [0.15, 0.2) is 18.2 Å². The molecular weight excluding hydrogens is 215 g/mol. The van der Waals surface area contributed by atoms with Gasteiger partial charge in [-0.15, -0.1) is 0 Å². The van der Waals surface area contributed by atoms with E-state index in [-0.39, 0.29) is 0 Å². The van der Waals surface area contributed by atoms with Gasteiger partial charge in [-0.1, -0.05) is 43.9 Å². The van der Waals surface area contributed by atoms with Crippen molar-refractivity contribution >= 4 is 11.6 Å². The number of aliphatic hydroxyl groups excluding tert-OH is 1. The van der Waals surface area contributed by atoms with Crippen molar-refractivity contribution in [2.24, 2.45) is 0 Å². The Balaban J connectivity index is 2.61. The van der Waals surface area contributed by atoms with Crippen molar-refractivity contribution in [3.05, 3.63) is 34.6 Å². The van der Waals surface area contributed by atoms with E-state index in [1.165, 1.54) is 6.07 Å². The summed E-state index contributed by atoms with van der Waals surface area (Å²) in [6, 6.07) is 4.39. The van der Waals surface area contributed by atoms with Crippen molar-refractivity contribution in [3.63, 3.8) is 0 Å². The quantitative estimate of drug-likeness (QED) is 0.756. The Morgan fingerprint density at radius 3 is 2.73 bits per heavy atom. The summed E-state index contributed by atoms with van der Waals surface area (Å²) >= 11 is 5.63. The molecule has 1 aromatic rings. The molecule has 0 aliphatic rings. The van der Waals surface area contributed by atoms with Gasteiger partial charge in [0.2, 0.25) is 0 Å². The summed E-state index contributed by atoms with van der Waals surface area (Å²) in [5, 5.41) is 10.1. The molecule has 0 saturated carbocycles. The molecule has 0 amide bonds. The molecule has 0 aromatic heterocycles. The van der Waals surface area contributed by atoms with Crippen molar-refractivity contribution in [1.29, 1.82) is 0 Å². The lowest BCUT2D eigenvalue weighted by atomic mass is 10.0. The maximum Gasteiger partial charge on any atom is 0.130 e. The van der Waals surface area contributed by atoms with Crippen LogP contribution in [0.25, 0.3) is 0 Å². The van der Waals surface area contributed by atoms with E-state index in [0.717, 1.165) is 19.3 Å². The van der Waals surface area contributed by atoms with Crippen LogP contribution in [0.2, 0.25) is 5.02 Å². The van der Waals surface area contributed by atoms with E-state index in [0.29, 0.717) is 17.0 Å². The predicted octanol–water partition coefficient (Wildman–Crippen LogP) is 4.09. The number of hydrogen-bond acceptors (Lipinski definition) is 1. The zero-order valence-electron chi connectivity index (χ0n) is 8.84. The third-order valence-electron chi connectivity index (χ3n) is 2.40. The molecule has 1 rings (SSSR count). The van der Waals surface area contributed by atoms with E-state index in [1.54, 1.807) is 12.1 Å². The Morgan fingerprint density at radius 1 is 1.40 bits per heavy atom. The summed E-state index contributed by atoms with van der Waals surface area (Å²) < 4.78 is 13.4. The highest BCUT2D eigenvalue weighted by Crippen LogP contribution is 2.24. The molecule has 0 heterocycles. The topological polar surface area (TPSA) is 20.2 Å². The van der Waals surface area contributed by atoms with Crippen LogP contribution in [0.5, 0.6) is 0 Å². The number of aliphatic hydroxyl groups is 1. The predicted molar refractivity (Wildman–Crippen MR) is 60.5 cm³/mol. The molecule has 0 bridgehead atoms. The van der Waals surface area contributed by atoms with Crippen LogP contribution in [0, 0.1) is 5.82 Å². The molecular formula is C12H16ClFO. The van der Waals surface area contributed by atoms with Crippen LogP contribution >= 0.6 is 11.6 Å². The number of unbranched alkanes of at least 4 members (excludes halogenated alkanes) is 2. The fourth-order valence-electron chi connectivity index (χ4n) is 1.51. The van der Waals surface area contributed by atoms with E-state index >= 15 is 0 Å². The average molecular weight is 231 g/mol. The van der Waals surface area contributed by atoms with Gasteiger partial charge in [0, 0.05) is 10.6 Å². The van der Waals surface area contributed by atoms with Crippen LogP contribution in [0.3, 0.4) is 0 Å². The Bertz CT molecular complexity index is 314. The van der Waals surface area contributed by atoms with Crippen molar-refractivity contribution in [3.8, 4) is 0 Å². The third-order valence-corrected chi connectivity index (χ3v) is 2.64. The highest BCUT2D eigenvalue weighted by atomic mass is 35.5. The second-order valence-corrected chi connectivity index (χ2v) is 4.11. The van der Waals surface area contributed by atoms with Gasteiger partial charge in [-0.05, 0) is 18.6 Å². The molecule has 0 radical (unpaired) electrons. The van der Waals surface area contributed by atoms with Gasteiger partial charge >= 0.3 is 0 Å². The number of halogens is 2. The van der Waals surface area contributed by atoms with Gasteiger partial charge in [0.25, 0.3) is 0 Å². The van der Waals surface area contributed by atoms with Crippen LogP contribution in [-0.2, 0) is 0 Å². The summed E-state index contributed by atoms with van der Waals surface area (Å²) in [4.78, 5) is 0. The minimum absolute atomic E-state index is 0.343. The second kappa shape index (κ2) is 6.09. The normalized spacial score (nSPS) is 12.8. The first-order valence-electron chi connectivity index (χ1n) is 5.28. The maximum absolute atomic E-state index is 13.4. The van der Waals surface area contributed by atoms with E-state index in [4.69, 9.17) is 11.6 Å². The Kier molecular flexibility index (Phi) is 5.06. The molecule has 0 aliphatic carbocycles. The third kappa shape index (κ3) is 3.80. The molecule has 0 spiro atoms. The summed E-state index contributed by atoms with van der Waals surface area (Å²) in [6.45, 7) is 2.09. The molecule has 3 heteroatoms. The van der Waals surface area contributed by atoms with Gasteiger partial charge in [-0.2, -0.15) is 0 Å². The average Bonchev–Trinajstić information content (AvgIpc) is 2.17. The van der Waals surface area contributed by atoms with E-state index in [2.05, 4.69) is 6.92 Å². The highest BCUT2D eigenvalue weighted by molar-refractivity contribution is 6.30. The van der Waals surface area contributed by atoms with E-state index in [9.17, 15) is 9.50 Å². The molecule has 1 nitrogen and oxygen atoms in total. The number of rotatable bonds is 5. The van der Waals surface area contributed by atoms with Crippen molar-refractivity contribution in [2.75, 3.05) is 0 Å². The van der Waals surface area contributed by atoms with Gasteiger partial charge in [-0.3, -0.25) is 0 Å². The van der Waals surface area contributed by atoms with Crippen molar-refractivity contribution in [1.82, 2.24) is 0 Å². The van der Waals surface area contributed by atoms with Crippen molar-refractivity contribution < 1.29 is 9.50 Å². The van der Waals surface area contributed by atoms with Crippen LogP contribution < -0.4 is 0 Å². The fourth-order valence-corrected chi connectivity index (χ4v) is 1.67. The summed E-state index contributed by atoms with van der Waals surface area (Å²) in [7, 11) is 0. The molecule has 1 atom stereocenters. The minimum Gasteiger partial charge on any atom is -0.388 e. The van der Waals surface area contributed by atoms with E-state index in [1.807, 2.05) is 0 Å². The monoisotopic (exact) mass is 230 g/mol. The smallest absolute Gasteiger partial charge is 0.130 e. The van der Waals surface area contributed by atoms with Gasteiger partial charge in [0.1, 0.15) is 5.82 Å². The van der Waals surface area contributed by atoms with Gasteiger partial charge in [0.05, 0.1) is 6.10 Å². The molecule has 1 unspecified atom stereocenters. The van der Waals surface area contributed by atoms with Gasteiger partial charge in [-0.25, -0.2) is 4.39 Å². The lowest BCUT2D eigenvalue weighted by Gasteiger charge is -2.11. The number of benzene rings is 1. The zero-order valence-corrected chi connectivity index (χ0v) is 9.60. The van der Waals surface area contributed by atoms with Gasteiger partial charge in [0.15, 0.2) is 0 Å². The first-order valence-corrected chi connectivity index (χ1v) is 5.66. The minimum atomic E-state index is -0.714. The summed E-state index contributed by atoms with van der Waals surface area (Å²) in [5.74, 6) is -0.425. The molecule has 0 fully saturated rings. The van der Waals surface area contributed by atoms with Crippen molar-refractivity contribution in [2.45, 2.75) is 38.7 Å². The zero-order chi connectivity index (χ0) is 11.3. The Hall–Kier alpha value is -0.600. The lowest BCUT2D eigenvalue weighted by Crippen LogP contribution is -2.00. The lowest BCUT2D eigenvalue weighted by molar-refractivity contribution is 0.159. The molecule has 84 valence electrons. The van der Waals surface area contributed by atoms with E-state index < -0.39 is 11.9 Å². The highest BCUT2D eigenvalue weighted by Gasteiger charge is 2.12.